The fraction of sp³-hybridized carbons (Fsp3) is 0.0769. The highest BCUT2D eigenvalue weighted by Crippen LogP contribution is 2.25. The Kier molecular flexibility index (Phi) is 3.49. The van der Waals surface area contributed by atoms with Crippen molar-refractivity contribution in [1.82, 2.24) is 0 Å². The summed E-state index contributed by atoms with van der Waals surface area (Å²) in [5, 5.41) is 9.48. The molecular weight excluding hydrogens is 243 g/mol. The van der Waals surface area contributed by atoms with Crippen molar-refractivity contribution in [3.63, 3.8) is 0 Å². The standard InChI is InChI=1S/C13H10ClFO2/c14-12-6-3-10(15)7-13(12)17-8-9-1-4-11(16)5-2-9/h1-7,16H,8H2. The van der Waals surface area contributed by atoms with E-state index >= 15 is 0 Å². The number of benzene rings is 2. The van der Waals surface area contributed by atoms with Crippen LogP contribution in [0.15, 0.2) is 42.5 Å². The van der Waals surface area contributed by atoms with Gasteiger partial charge in [-0.1, -0.05) is 23.7 Å². The van der Waals surface area contributed by atoms with Crippen LogP contribution in [0.25, 0.3) is 0 Å². The van der Waals surface area contributed by atoms with E-state index in [4.69, 9.17) is 21.4 Å². The molecule has 0 saturated heterocycles. The van der Waals surface area contributed by atoms with E-state index in [-0.39, 0.29) is 12.4 Å². The molecule has 17 heavy (non-hydrogen) atoms. The lowest BCUT2D eigenvalue weighted by molar-refractivity contribution is 0.304. The molecule has 0 bridgehead atoms. The molecule has 0 fully saturated rings. The van der Waals surface area contributed by atoms with E-state index < -0.39 is 5.82 Å². The Morgan fingerprint density at radius 2 is 1.82 bits per heavy atom. The molecule has 0 heterocycles. The van der Waals surface area contributed by atoms with Gasteiger partial charge in [-0.2, -0.15) is 0 Å². The SMILES string of the molecule is Oc1ccc(COc2cc(F)ccc2Cl)cc1. The molecule has 88 valence electrons. The zero-order valence-corrected chi connectivity index (χ0v) is 9.62. The normalized spacial score (nSPS) is 10.2. The summed E-state index contributed by atoms with van der Waals surface area (Å²) < 4.78 is 18.3. The topological polar surface area (TPSA) is 29.5 Å². The predicted octanol–water partition coefficient (Wildman–Crippen LogP) is 3.76. The lowest BCUT2D eigenvalue weighted by Crippen LogP contribution is -1.96. The van der Waals surface area contributed by atoms with Crippen LogP contribution in [0.2, 0.25) is 5.02 Å². The molecule has 2 aromatic carbocycles. The number of hydrogen-bond acceptors (Lipinski definition) is 2. The molecule has 0 atom stereocenters. The van der Waals surface area contributed by atoms with Crippen LogP contribution in [-0.4, -0.2) is 5.11 Å². The van der Waals surface area contributed by atoms with Gasteiger partial charge in [0.05, 0.1) is 5.02 Å². The summed E-state index contributed by atoms with van der Waals surface area (Å²) >= 11 is 5.86. The van der Waals surface area contributed by atoms with E-state index in [9.17, 15) is 4.39 Å². The van der Waals surface area contributed by atoms with E-state index in [1.807, 2.05) is 0 Å². The minimum absolute atomic E-state index is 0.192. The third kappa shape index (κ3) is 3.11. The van der Waals surface area contributed by atoms with Gasteiger partial charge in [-0.3, -0.25) is 0 Å². The van der Waals surface area contributed by atoms with Gasteiger partial charge in [0.15, 0.2) is 0 Å². The summed E-state index contributed by atoms with van der Waals surface area (Å²) in [5.74, 6) is 0.104. The minimum Gasteiger partial charge on any atom is -0.508 e. The Labute approximate surface area is 103 Å². The summed E-state index contributed by atoms with van der Waals surface area (Å²) in [6.07, 6.45) is 0. The summed E-state index contributed by atoms with van der Waals surface area (Å²) in [6.45, 7) is 0.267. The molecule has 0 aliphatic rings. The average Bonchev–Trinajstić information content (AvgIpc) is 2.32. The van der Waals surface area contributed by atoms with Crippen molar-refractivity contribution in [2.45, 2.75) is 6.61 Å². The van der Waals surface area contributed by atoms with E-state index in [2.05, 4.69) is 0 Å². The summed E-state index contributed by atoms with van der Waals surface area (Å²) in [7, 11) is 0. The summed E-state index contributed by atoms with van der Waals surface area (Å²) in [6, 6.07) is 10.5. The van der Waals surface area contributed by atoms with Crippen LogP contribution >= 0.6 is 11.6 Å². The van der Waals surface area contributed by atoms with Crippen LogP contribution in [0.4, 0.5) is 4.39 Å². The van der Waals surface area contributed by atoms with Crippen LogP contribution < -0.4 is 4.74 Å². The first-order valence-corrected chi connectivity index (χ1v) is 5.39. The quantitative estimate of drug-likeness (QED) is 0.901. The Balaban J connectivity index is 2.07. The van der Waals surface area contributed by atoms with Crippen LogP contribution in [0, 0.1) is 5.82 Å². The first kappa shape index (κ1) is 11.7. The maximum Gasteiger partial charge on any atom is 0.141 e. The number of hydrogen-bond donors (Lipinski definition) is 1. The van der Waals surface area contributed by atoms with E-state index in [1.165, 1.54) is 18.2 Å². The number of aromatic hydroxyl groups is 1. The van der Waals surface area contributed by atoms with E-state index in [0.29, 0.717) is 10.8 Å². The Morgan fingerprint density at radius 1 is 1.12 bits per heavy atom. The monoisotopic (exact) mass is 252 g/mol. The molecule has 2 aromatic rings. The van der Waals surface area contributed by atoms with Gasteiger partial charge in [-0.15, -0.1) is 0 Å². The van der Waals surface area contributed by atoms with Crippen LogP contribution in [0.5, 0.6) is 11.5 Å². The second kappa shape index (κ2) is 5.06. The van der Waals surface area contributed by atoms with Crippen LogP contribution in [-0.2, 0) is 6.61 Å². The Bertz CT molecular complexity index is 511. The first-order chi connectivity index (χ1) is 8.15. The highest BCUT2D eigenvalue weighted by molar-refractivity contribution is 6.32. The average molecular weight is 253 g/mol. The second-order valence-corrected chi connectivity index (χ2v) is 3.94. The van der Waals surface area contributed by atoms with Gasteiger partial charge in [0, 0.05) is 6.07 Å². The third-order valence-corrected chi connectivity index (χ3v) is 2.54. The van der Waals surface area contributed by atoms with Gasteiger partial charge in [0.2, 0.25) is 0 Å². The number of phenolic OH excluding ortho intramolecular Hbond substituents is 1. The third-order valence-electron chi connectivity index (χ3n) is 2.22. The fourth-order valence-corrected chi connectivity index (χ4v) is 1.51. The highest BCUT2D eigenvalue weighted by atomic mass is 35.5. The van der Waals surface area contributed by atoms with Crippen molar-refractivity contribution in [2.24, 2.45) is 0 Å². The molecule has 0 aliphatic carbocycles. The largest absolute Gasteiger partial charge is 0.508 e. The zero-order valence-electron chi connectivity index (χ0n) is 8.86. The predicted molar refractivity (Wildman–Crippen MR) is 63.8 cm³/mol. The maximum absolute atomic E-state index is 13.0. The van der Waals surface area contributed by atoms with Crippen molar-refractivity contribution in [3.05, 3.63) is 58.9 Å². The summed E-state index contributed by atoms with van der Waals surface area (Å²) in [5.41, 5.74) is 0.864. The molecule has 0 unspecified atom stereocenters. The minimum atomic E-state index is -0.393. The molecular formula is C13H10ClFO2. The van der Waals surface area contributed by atoms with Gasteiger partial charge in [0.1, 0.15) is 23.9 Å². The molecule has 0 saturated carbocycles. The van der Waals surface area contributed by atoms with Crippen molar-refractivity contribution in [1.29, 1.82) is 0 Å². The Morgan fingerprint density at radius 3 is 2.53 bits per heavy atom. The van der Waals surface area contributed by atoms with Gasteiger partial charge >= 0.3 is 0 Å². The lowest BCUT2D eigenvalue weighted by atomic mass is 10.2. The number of halogens is 2. The summed E-state index contributed by atoms with van der Waals surface area (Å²) in [4.78, 5) is 0. The van der Waals surface area contributed by atoms with Crippen LogP contribution in [0.1, 0.15) is 5.56 Å². The van der Waals surface area contributed by atoms with Crippen molar-refractivity contribution in [2.75, 3.05) is 0 Å². The lowest BCUT2D eigenvalue weighted by Gasteiger charge is -2.08. The van der Waals surface area contributed by atoms with E-state index in [0.717, 1.165) is 5.56 Å². The molecule has 0 radical (unpaired) electrons. The molecule has 2 rings (SSSR count). The zero-order chi connectivity index (χ0) is 12.3. The first-order valence-electron chi connectivity index (χ1n) is 5.01. The Hall–Kier alpha value is -1.74. The van der Waals surface area contributed by atoms with Gasteiger partial charge in [-0.05, 0) is 29.8 Å². The second-order valence-electron chi connectivity index (χ2n) is 3.53. The van der Waals surface area contributed by atoms with Crippen molar-refractivity contribution < 1.29 is 14.2 Å². The molecule has 2 nitrogen and oxygen atoms in total. The van der Waals surface area contributed by atoms with Crippen LogP contribution in [0.3, 0.4) is 0 Å². The van der Waals surface area contributed by atoms with Gasteiger partial charge < -0.3 is 9.84 Å². The van der Waals surface area contributed by atoms with Crippen molar-refractivity contribution in [3.8, 4) is 11.5 Å². The molecule has 0 aliphatic heterocycles. The van der Waals surface area contributed by atoms with E-state index in [1.54, 1.807) is 24.3 Å². The van der Waals surface area contributed by atoms with Gasteiger partial charge in [0.25, 0.3) is 0 Å². The molecule has 1 N–H and O–H groups in total. The van der Waals surface area contributed by atoms with Gasteiger partial charge in [-0.25, -0.2) is 4.39 Å². The number of rotatable bonds is 3. The fourth-order valence-electron chi connectivity index (χ4n) is 1.34. The molecule has 0 spiro atoms. The molecule has 0 aromatic heterocycles. The highest BCUT2D eigenvalue weighted by Gasteiger charge is 2.03. The molecule has 4 heteroatoms. The number of phenols is 1. The van der Waals surface area contributed by atoms with Crippen molar-refractivity contribution >= 4 is 11.6 Å². The maximum atomic E-state index is 13.0. The number of ether oxygens (including phenoxy) is 1. The smallest absolute Gasteiger partial charge is 0.141 e. The molecule has 0 amide bonds.